The highest BCUT2D eigenvalue weighted by Crippen LogP contribution is 2.34. The zero-order valence-electron chi connectivity index (χ0n) is 10.4. The Labute approximate surface area is 113 Å². The van der Waals surface area contributed by atoms with Crippen molar-refractivity contribution in [1.82, 2.24) is 0 Å². The summed E-state index contributed by atoms with van der Waals surface area (Å²) >= 11 is 0. The quantitative estimate of drug-likeness (QED) is 0.297. The second-order valence-corrected chi connectivity index (χ2v) is 4.16. The first-order valence-corrected chi connectivity index (χ1v) is 5.97. The predicted octanol–water partition coefficient (Wildman–Crippen LogP) is 4.40. The third kappa shape index (κ3) is 1.92. The molecule has 0 fully saturated rings. The van der Waals surface area contributed by atoms with Gasteiger partial charge in [-0.3, -0.25) is 0 Å². The Kier molecular flexibility index (Phi) is 2.95. The molecule has 0 N–H and O–H groups in total. The molecule has 2 aromatic carbocycles. The fourth-order valence-electron chi connectivity index (χ4n) is 2.14. The monoisotopic (exact) mass is 263 g/mol. The summed E-state index contributed by atoms with van der Waals surface area (Å²) in [6, 6.07) is 16.0. The van der Waals surface area contributed by atoms with Gasteiger partial charge in [-0.2, -0.15) is 0 Å². The molecule has 0 spiro atoms. The molecular formula is C15H9N3O2. The van der Waals surface area contributed by atoms with Gasteiger partial charge in [0.2, 0.25) is 0 Å². The highest BCUT2D eigenvalue weighted by molar-refractivity contribution is 5.96. The number of fused-ring (bicyclic) bond motifs is 1. The number of para-hydroxylation sites is 1. The van der Waals surface area contributed by atoms with E-state index >= 15 is 0 Å². The van der Waals surface area contributed by atoms with E-state index in [1.807, 2.05) is 18.2 Å². The zero-order chi connectivity index (χ0) is 13.9. The molecule has 0 amide bonds. The van der Waals surface area contributed by atoms with E-state index < -0.39 is 5.63 Å². The van der Waals surface area contributed by atoms with E-state index in [0.29, 0.717) is 22.2 Å². The molecule has 0 atom stereocenters. The molecule has 3 aromatic rings. The van der Waals surface area contributed by atoms with Gasteiger partial charge in [0.05, 0.1) is 11.3 Å². The summed E-state index contributed by atoms with van der Waals surface area (Å²) in [5.41, 5.74) is 9.89. The van der Waals surface area contributed by atoms with Gasteiger partial charge in [0.25, 0.3) is 0 Å². The number of nitrogens with zero attached hydrogens (tertiary/aromatic N) is 3. The molecule has 1 aromatic heterocycles. The van der Waals surface area contributed by atoms with Crippen molar-refractivity contribution < 1.29 is 4.42 Å². The Morgan fingerprint density at radius 3 is 2.45 bits per heavy atom. The van der Waals surface area contributed by atoms with Gasteiger partial charge in [-0.1, -0.05) is 53.6 Å². The van der Waals surface area contributed by atoms with Crippen LogP contribution in [0.15, 0.2) is 68.9 Å². The third-order valence-corrected chi connectivity index (χ3v) is 2.99. The molecule has 0 radical (unpaired) electrons. The van der Waals surface area contributed by atoms with Gasteiger partial charge < -0.3 is 4.42 Å². The lowest BCUT2D eigenvalue weighted by molar-refractivity contribution is 0.564. The molecule has 20 heavy (non-hydrogen) atoms. The zero-order valence-corrected chi connectivity index (χ0v) is 10.4. The number of azide groups is 1. The van der Waals surface area contributed by atoms with Crippen molar-refractivity contribution in [2.45, 2.75) is 0 Å². The van der Waals surface area contributed by atoms with Crippen LogP contribution in [-0.2, 0) is 0 Å². The van der Waals surface area contributed by atoms with Crippen LogP contribution in [0.1, 0.15) is 0 Å². The van der Waals surface area contributed by atoms with Crippen LogP contribution in [0.4, 0.5) is 5.69 Å². The SMILES string of the molecule is [N-]=[N+]=Nc1c(-c2ccccc2)c(=O)oc2ccccc12. The van der Waals surface area contributed by atoms with Gasteiger partial charge >= 0.3 is 5.63 Å². The fraction of sp³-hybridized carbons (Fsp3) is 0. The maximum absolute atomic E-state index is 12.2. The minimum Gasteiger partial charge on any atom is -0.422 e. The van der Waals surface area contributed by atoms with Crippen molar-refractivity contribution in [1.29, 1.82) is 0 Å². The van der Waals surface area contributed by atoms with Gasteiger partial charge in [-0.25, -0.2) is 4.79 Å². The molecule has 0 unspecified atom stereocenters. The first-order valence-electron chi connectivity index (χ1n) is 5.97. The van der Waals surface area contributed by atoms with Crippen molar-refractivity contribution in [2.75, 3.05) is 0 Å². The van der Waals surface area contributed by atoms with Crippen LogP contribution in [0.5, 0.6) is 0 Å². The molecule has 3 rings (SSSR count). The van der Waals surface area contributed by atoms with E-state index in [-0.39, 0.29) is 5.56 Å². The molecule has 5 heteroatoms. The molecule has 5 nitrogen and oxygen atoms in total. The Bertz CT molecular complexity index is 879. The van der Waals surface area contributed by atoms with Gasteiger partial charge in [-0.05, 0) is 17.2 Å². The summed E-state index contributed by atoms with van der Waals surface area (Å²) in [5, 5.41) is 4.31. The van der Waals surface area contributed by atoms with E-state index in [1.165, 1.54) is 0 Å². The molecule has 0 aliphatic rings. The van der Waals surface area contributed by atoms with Gasteiger partial charge in [0.15, 0.2) is 0 Å². The molecule has 1 heterocycles. The van der Waals surface area contributed by atoms with E-state index in [2.05, 4.69) is 10.0 Å². The Morgan fingerprint density at radius 1 is 1.00 bits per heavy atom. The Hall–Kier alpha value is -3.04. The van der Waals surface area contributed by atoms with Crippen molar-refractivity contribution >= 4 is 16.7 Å². The molecule has 0 saturated carbocycles. The molecule has 96 valence electrons. The van der Waals surface area contributed by atoms with E-state index in [0.717, 1.165) is 0 Å². The second kappa shape index (κ2) is 4.91. The van der Waals surface area contributed by atoms with Crippen LogP contribution in [0, 0.1) is 0 Å². The van der Waals surface area contributed by atoms with Crippen LogP contribution in [-0.4, -0.2) is 0 Å². The summed E-state index contributed by atoms with van der Waals surface area (Å²) in [7, 11) is 0. The van der Waals surface area contributed by atoms with Crippen molar-refractivity contribution in [2.24, 2.45) is 5.11 Å². The molecule has 0 aliphatic heterocycles. The molecule has 0 saturated heterocycles. The lowest BCUT2D eigenvalue weighted by Crippen LogP contribution is -2.03. The molecule has 0 bridgehead atoms. The summed E-state index contributed by atoms with van der Waals surface area (Å²) in [6.07, 6.45) is 0. The maximum Gasteiger partial charge on any atom is 0.344 e. The van der Waals surface area contributed by atoms with Crippen LogP contribution < -0.4 is 5.63 Å². The molecular weight excluding hydrogens is 254 g/mol. The highest BCUT2D eigenvalue weighted by atomic mass is 16.4. The van der Waals surface area contributed by atoms with Gasteiger partial charge in [-0.15, -0.1) is 0 Å². The predicted molar refractivity (Wildman–Crippen MR) is 76.7 cm³/mol. The highest BCUT2D eigenvalue weighted by Gasteiger charge is 2.14. The Balaban J connectivity index is 2.48. The number of rotatable bonds is 2. The third-order valence-electron chi connectivity index (χ3n) is 2.99. The lowest BCUT2D eigenvalue weighted by atomic mass is 10.0. The van der Waals surface area contributed by atoms with Crippen molar-refractivity contribution in [3.63, 3.8) is 0 Å². The average molecular weight is 263 g/mol. The topological polar surface area (TPSA) is 79.0 Å². The minimum atomic E-state index is -0.516. The van der Waals surface area contributed by atoms with Crippen LogP contribution in [0.25, 0.3) is 32.5 Å². The van der Waals surface area contributed by atoms with E-state index in [4.69, 9.17) is 9.95 Å². The minimum absolute atomic E-state index is 0.280. The van der Waals surface area contributed by atoms with Crippen LogP contribution in [0.2, 0.25) is 0 Å². The summed E-state index contributed by atoms with van der Waals surface area (Å²) in [6.45, 7) is 0. The summed E-state index contributed by atoms with van der Waals surface area (Å²) in [4.78, 5) is 15.0. The normalized spacial score (nSPS) is 10.2. The summed E-state index contributed by atoms with van der Waals surface area (Å²) in [5.74, 6) is 0. The van der Waals surface area contributed by atoms with Gasteiger partial charge in [0.1, 0.15) is 5.58 Å². The maximum atomic E-state index is 12.2. The number of benzene rings is 2. The Morgan fingerprint density at radius 2 is 1.70 bits per heavy atom. The van der Waals surface area contributed by atoms with E-state index in [9.17, 15) is 4.79 Å². The van der Waals surface area contributed by atoms with Crippen molar-refractivity contribution in [3.05, 3.63) is 75.5 Å². The largest absolute Gasteiger partial charge is 0.422 e. The first-order chi connectivity index (χ1) is 9.81. The fourth-order valence-corrected chi connectivity index (χ4v) is 2.14. The smallest absolute Gasteiger partial charge is 0.344 e. The second-order valence-electron chi connectivity index (χ2n) is 4.16. The van der Waals surface area contributed by atoms with Crippen molar-refractivity contribution in [3.8, 4) is 11.1 Å². The average Bonchev–Trinajstić information content (AvgIpc) is 2.48. The van der Waals surface area contributed by atoms with Gasteiger partial charge in [0, 0.05) is 10.3 Å². The lowest BCUT2D eigenvalue weighted by Gasteiger charge is -2.07. The molecule has 0 aliphatic carbocycles. The van der Waals surface area contributed by atoms with Crippen LogP contribution in [0.3, 0.4) is 0 Å². The summed E-state index contributed by atoms with van der Waals surface area (Å²) < 4.78 is 5.30. The number of hydrogen-bond donors (Lipinski definition) is 0. The standard InChI is InChI=1S/C15H9N3O2/c16-18-17-14-11-8-4-5-9-12(11)20-15(19)13(14)10-6-2-1-3-7-10/h1-9H. The number of hydrogen-bond acceptors (Lipinski definition) is 3. The van der Waals surface area contributed by atoms with E-state index in [1.54, 1.807) is 36.4 Å². The van der Waals surface area contributed by atoms with Crippen LogP contribution >= 0.6 is 0 Å². The first kappa shape index (κ1) is 12.0.